The molecule has 1 amide bonds. The van der Waals surface area contributed by atoms with Crippen LogP contribution in [0.3, 0.4) is 0 Å². The molecule has 0 saturated heterocycles. The molecule has 1 aliphatic heterocycles. The quantitative estimate of drug-likeness (QED) is 0.457. The van der Waals surface area contributed by atoms with Gasteiger partial charge in [0.25, 0.3) is 5.91 Å². The Bertz CT molecular complexity index is 1340. The molecule has 1 N–H and O–H groups in total. The van der Waals surface area contributed by atoms with E-state index in [-0.39, 0.29) is 27.9 Å². The molecule has 2 aromatic carbocycles. The van der Waals surface area contributed by atoms with E-state index in [4.69, 9.17) is 0 Å². The second-order valence-corrected chi connectivity index (χ2v) is 9.65. The predicted octanol–water partition coefficient (Wildman–Crippen LogP) is 5.88. The van der Waals surface area contributed by atoms with Crippen LogP contribution in [0.4, 0.5) is 19.0 Å². The number of hydrogen-bond donors (Lipinski definition) is 1. The Morgan fingerprint density at radius 1 is 0.889 bits per heavy atom. The summed E-state index contributed by atoms with van der Waals surface area (Å²) in [5, 5.41) is 18.8. The molecular formula is C27H24F3N3O3. The molecular weight excluding hydrogens is 471 g/mol. The number of amides is 1. The van der Waals surface area contributed by atoms with Crippen LogP contribution in [0.2, 0.25) is 0 Å². The van der Waals surface area contributed by atoms with Crippen molar-refractivity contribution in [2.45, 2.75) is 45.3 Å². The molecule has 3 aromatic rings. The molecule has 0 spiro atoms. The van der Waals surface area contributed by atoms with Crippen LogP contribution in [0.25, 0.3) is 0 Å². The predicted molar refractivity (Wildman–Crippen MR) is 128 cm³/mol. The number of aromatic nitrogens is 2. The summed E-state index contributed by atoms with van der Waals surface area (Å²) in [5.41, 5.74) is 0.709. The van der Waals surface area contributed by atoms with Crippen LogP contribution in [0.15, 0.2) is 72.0 Å². The first-order valence-corrected chi connectivity index (χ1v) is 11.2. The number of alkyl halides is 3. The van der Waals surface area contributed by atoms with Gasteiger partial charge in [0.2, 0.25) is 0 Å². The van der Waals surface area contributed by atoms with Gasteiger partial charge >= 0.3 is 6.18 Å². The Morgan fingerprint density at radius 2 is 1.47 bits per heavy atom. The lowest BCUT2D eigenvalue weighted by Crippen LogP contribution is -2.32. The van der Waals surface area contributed by atoms with E-state index in [0.717, 1.165) is 22.6 Å². The number of carbonyl (C=O) groups excluding carboxylic acids is 2. The highest BCUT2D eigenvalue weighted by atomic mass is 19.4. The van der Waals surface area contributed by atoms with Crippen LogP contribution in [0.1, 0.15) is 59.6 Å². The molecule has 2 heterocycles. The summed E-state index contributed by atoms with van der Waals surface area (Å²) in [4.78, 5) is 27.8. The molecule has 0 bridgehead atoms. The van der Waals surface area contributed by atoms with Gasteiger partial charge in [0.15, 0.2) is 17.4 Å². The van der Waals surface area contributed by atoms with Gasteiger partial charge in [-0.2, -0.15) is 18.3 Å². The number of aryl methyl sites for hydroxylation is 1. The van der Waals surface area contributed by atoms with Gasteiger partial charge in [0.1, 0.15) is 0 Å². The average Bonchev–Trinajstić information content (AvgIpc) is 3.09. The molecule has 0 radical (unpaired) electrons. The van der Waals surface area contributed by atoms with Crippen molar-refractivity contribution in [1.29, 1.82) is 0 Å². The first-order valence-electron chi connectivity index (χ1n) is 11.2. The molecule has 1 atom stereocenters. The van der Waals surface area contributed by atoms with E-state index in [1.165, 1.54) is 18.2 Å². The van der Waals surface area contributed by atoms with E-state index >= 15 is 0 Å². The highest BCUT2D eigenvalue weighted by Crippen LogP contribution is 2.42. The third kappa shape index (κ3) is 4.60. The van der Waals surface area contributed by atoms with Gasteiger partial charge in [-0.3, -0.25) is 14.5 Å². The molecule has 6 nitrogen and oxygen atoms in total. The second-order valence-electron chi connectivity index (χ2n) is 9.65. The fraction of sp³-hybridized carbons (Fsp3) is 0.259. The lowest BCUT2D eigenvalue weighted by atomic mass is 9.85. The third-order valence-corrected chi connectivity index (χ3v) is 6.05. The molecule has 36 heavy (non-hydrogen) atoms. The maximum absolute atomic E-state index is 13.6. The monoisotopic (exact) mass is 495 g/mol. The first-order chi connectivity index (χ1) is 16.8. The minimum absolute atomic E-state index is 0.0490. The minimum atomic E-state index is -4.56. The molecule has 0 fully saturated rings. The number of rotatable bonds is 4. The van der Waals surface area contributed by atoms with Crippen molar-refractivity contribution in [2.24, 2.45) is 0 Å². The van der Waals surface area contributed by atoms with E-state index in [0.29, 0.717) is 5.69 Å². The maximum atomic E-state index is 13.6. The maximum Gasteiger partial charge on any atom is 0.416 e. The van der Waals surface area contributed by atoms with Gasteiger partial charge < -0.3 is 5.11 Å². The zero-order chi connectivity index (χ0) is 26.4. The Kier molecular flexibility index (Phi) is 6.20. The van der Waals surface area contributed by atoms with Crippen molar-refractivity contribution in [1.82, 2.24) is 10.2 Å². The first kappa shape index (κ1) is 25.1. The highest BCUT2D eigenvalue weighted by molar-refractivity contribution is 6.20. The Morgan fingerprint density at radius 3 is 1.97 bits per heavy atom. The van der Waals surface area contributed by atoms with E-state index in [1.807, 2.05) is 20.8 Å². The number of carbonyl (C=O) groups is 2. The topological polar surface area (TPSA) is 83.4 Å². The van der Waals surface area contributed by atoms with E-state index in [2.05, 4.69) is 10.2 Å². The normalized spacial score (nSPS) is 16.6. The van der Waals surface area contributed by atoms with Crippen LogP contribution < -0.4 is 4.90 Å². The van der Waals surface area contributed by atoms with Crippen molar-refractivity contribution in [3.63, 3.8) is 0 Å². The van der Waals surface area contributed by atoms with Gasteiger partial charge in [-0.05, 0) is 47.7 Å². The largest absolute Gasteiger partial charge is 0.503 e. The summed E-state index contributed by atoms with van der Waals surface area (Å²) in [6.07, 6.45) is -4.56. The number of anilines is 1. The van der Waals surface area contributed by atoms with Gasteiger partial charge in [0, 0.05) is 5.56 Å². The van der Waals surface area contributed by atoms with Crippen LogP contribution in [-0.4, -0.2) is 27.0 Å². The number of hydrogen-bond acceptors (Lipinski definition) is 5. The fourth-order valence-corrected chi connectivity index (χ4v) is 4.04. The summed E-state index contributed by atoms with van der Waals surface area (Å²) < 4.78 is 39.5. The number of benzene rings is 2. The van der Waals surface area contributed by atoms with Crippen molar-refractivity contribution >= 4 is 17.5 Å². The van der Waals surface area contributed by atoms with Crippen molar-refractivity contribution in [3.8, 4) is 0 Å². The molecule has 0 saturated carbocycles. The molecule has 186 valence electrons. The fourth-order valence-electron chi connectivity index (χ4n) is 4.04. The standard InChI is InChI=1S/C27H24F3N3O3/c1-15-5-14-20(32-31-15)33-22(16-6-12-19(13-7-16)27(28,29)30)21(24(35)25(33)36)23(34)17-8-10-18(11-9-17)26(2,3)4/h5-14,22,35H,1-4H3/t22-/m0/s1. The number of nitrogens with zero attached hydrogens (tertiary/aromatic N) is 3. The number of halogens is 3. The number of ketones is 1. The number of aliphatic hydroxyl groups excluding tert-OH is 1. The lowest BCUT2D eigenvalue weighted by molar-refractivity contribution is -0.137. The summed E-state index contributed by atoms with van der Waals surface area (Å²) in [6, 6.07) is 12.8. The molecule has 0 unspecified atom stereocenters. The van der Waals surface area contributed by atoms with Gasteiger partial charge in [-0.1, -0.05) is 57.2 Å². The van der Waals surface area contributed by atoms with E-state index in [1.54, 1.807) is 37.3 Å². The summed E-state index contributed by atoms with van der Waals surface area (Å²) in [6.45, 7) is 7.76. The smallest absolute Gasteiger partial charge is 0.416 e. The van der Waals surface area contributed by atoms with Crippen molar-refractivity contribution < 1.29 is 27.9 Å². The van der Waals surface area contributed by atoms with Crippen molar-refractivity contribution in [3.05, 3.63) is 99.9 Å². The van der Waals surface area contributed by atoms with Crippen LogP contribution in [-0.2, 0) is 16.4 Å². The Balaban J connectivity index is 1.83. The van der Waals surface area contributed by atoms with Gasteiger partial charge in [0.05, 0.1) is 22.9 Å². The van der Waals surface area contributed by atoms with Crippen LogP contribution >= 0.6 is 0 Å². The van der Waals surface area contributed by atoms with Crippen LogP contribution in [0.5, 0.6) is 0 Å². The van der Waals surface area contributed by atoms with Crippen molar-refractivity contribution in [2.75, 3.05) is 4.90 Å². The number of Topliss-reactive ketones (excluding diaryl/α,β-unsaturated/α-hetero) is 1. The molecule has 4 rings (SSSR count). The minimum Gasteiger partial charge on any atom is -0.503 e. The summed E-state index contributed by atoms with van der Waals surface area (Å²) in [5.74, 6) is -2.25. The Labute approximate surface area is 206 Å². The third-order valence-electron chi connectivity index (χ3n) is 6.05. The van der Waals surface area contributed by atoms with Gasteiger partial charge in [-0.25, -0.2) is 0 Å². The molecule has 1 aromatic heterocycles. The van der Waals surface area contributed by atoms with Crippen LogP contribution in [0, 0.1) is 6.92 Å². The highest BCUT2D eigenvalue weighted by Gasteiger charge is 2.45. The van der Waals surface area contributed by atoms with E-state index in [9.17, 15) is 27.9 Å². The Hall–Kier alpha value is -4.01. The molecule has 0 aliphatic carbocycles. The second kappa shape index (κ2) is 8.89. The zero-order valence-electron chi connectivity index (χ0n) is 20.1. The summed E-state index contributed by atoms with van der Waals surface area (Å²) >= 11 is 0. The van der Waals surface area contributed by atoms with Gasteiger partial charge in [-0.15, -0.1) is 5.10 Å². The van der Waals surface area contributed by atoms with E-state index < -0.39 is 35.2 Å². The average molecular weight is 496 g/mol. The molecule has 9 heteroatoms. The molecule has 1 aliphatic rings. The SMILES string of the molecule is Cc1ccc(N2C(=O)C(O)=C(C(=O)c3ccc(C(C)(C)C)cc3)[C@@H]2c2ccc(C(F)(F)F)cc2)nn1. The number of aliphatic hydroxyl groups is 1. The summed E-state index contributed by atoms with van der Waals surface area (Å²) in [7, 11) is 0. The zero-order valence-corrected chi connectivity index (χ0v) is 20.1. The lowest BCUT2D eigenvalue weighted by Gasteiger charge is -2.26.